The quantitative estimate of drug-likeness (QED) is 0.805. The highest BCUT2D eigenvalue weighted by atomic mass is 16.6. The van der Waals surface area contributed by atoms with E-state index in [2.05, 4.69) is 5.32 Å². The Kier molecular flexibility index (Phi) is 3.32. The lowest BCUT2D eigenvalue weighted by Gasteiger charge is -2.26. The fourth-order valence-electron chi connectivity index (χ4n) is 2.78. The SMILES string of the molecule is CC(C)(C)OC(=O)NCC12CCC(CO)(CC1)O2. The fourth-order valence-corrected chi connectivity index (χ4v) is 2.78. The van der Waals surface area contributed by atoms with E-state index in [1.807, 2.05) is 20.8 Å². The minimum Gasteiger partial charge on any atom is -0.444 e. The van der Waals surface area contributed by atoms with E-state index < -0.39 is 11.7 Å². The first-order valence-corrected chi connectivity index (χ1v) is 6.56. The number of carbonyl (C=O) groups excluding carboxylic acids is 1. The number of ether oxygens (including phenoxy) is 2. The first kappa shape index (κ1) is 13.6. The molecule has 18 heavy (non-hydrogen) atoms. The summed E-state index contributed by atoms with van der Waals surface area (Å²) in [4.78, 5) is 11.6. The van der Waals surface area contributed by atoms with Gasteiger partial charge < -0.3 is 19.9 Å². The average Bonchev–Trinajstić information content (AvgIpc) is 2.81. The molecule has 2 bridgehead atoms. The summed E-state index contributed by atoms with van der Waals surface area (Å²) in [6.07, 6.45) is 3.12. The first-order valence-electron chi connectivity index (χ1n) is 6.56. The Morgan fingerprint density at radius 2 is 1.83 bits per heavy atom. The van der Waals surface area contributed by atoms with Gasteiger partial charge >= 0.3 is 6.09 Å². The molecule has 0 aromatic rings. The summed E-state index contributed by atoms with van der Waals surface area (Å²) in [5, 5.41) is 12.1. The van der Waals surface area contributed by atoms with Crippen LogP contribution in [0.25, 0.3) is 0 Å². The van der Waals surface area contributed by atoms with Crippen molar-refractivity contribution < 1.29 is 19.4 Å². The van der Waals surface area contributed by atoms with Crippen molar-refractivity contribution in [3.05, 3.63) is 0 Å². The number of hydrogen-bond donors (Lipinski definition) is 2. The van der Waals surface area contributed by atoms with E-state index in [1.165, 1.54) is 0 Å². The van der Waals surface area contributed by atoms with Gasteiger partial charge in [0.15, 0.2) is 0 Å². The molecular formula is C13H23NO4. The van der Waals surface area contributed by atoms with E-state index in [0.717, 1.165) is 25.7 Å². The molecule has 0 unspecified atom stereocenters. The number of aliphatic hydroxyl groups is 1. The highest BCUT2D eigenvalue weighted by Gasteiger charge is 2.55. The molecule has 2 fully saturated rings. The molecule has 104 valence electrons. The summed E-state index contributed by atoms with van der Waals surface area (Å²) >= 11 is 0. The van der Waals surface area contributed by atoms with Crippen molar-refractivity contribution in [2.24, 2.45) is 0 Å². The topological polar surface area (TPSA) is 67.8 Å². The molecule has 0 aromatic heterocycles. The Morgan fingerprint density at radius 3 is 2.28 bits per heavy atom. The number of fused-ring (bicyclic) bond motifs is 2. The van der Waals surface area contributed by atoms with Crippen molar-refractivity contribution in [2.75, 3.05) is 13.2 Å². The van der Waals surface area contributed by atoms with Gasteiger partial charge in [-0.1, -0.05) is 0 Å². The van der Waals surface area contributed by atoms with Crippen LogP contribution in [0.1, 0.15) is 46.5 Å². The van der Waals surface area contributed by atoms with Crippen LogP contribution in [0.5, 0.6) is 0 Å². The molecule has 0 radical (unpaired) electrons. The van der Waals surface area contributed by atoms with Crippen LogP contribution in [-0.2, 0) is 9.47 Å². The number of aliphatic hydroxyl groups excluding tert-OH is 1. The maximum absolute atomic E-state index is 11.6. The Balaban J connectivity index is 1.83. The molecule has 5 nitrogen and oxygen atoms in total. The molecule has 2 N–H and O–H groups in total. The number of carbonyl (C=O) groups is 1. The van der Waals surface area contributed by atoms with Crippen LogP contribution in [0.4, 0.5) is 4.79 Å². The van der Waals surface area contributed by atoms with E-state index in [4.69, 9.17) is 9.47 Å². The van der Waals surface area contributed by atoms with Crippen molar-refractivity contribution in [1.29, 1.82) is 0 Å². The number of hydrogen-bond acceptors (Lipinski definition) is 4. The van der Waals surface area contributed by atoms with Crippen molar-refractivity contribution in [3.8, 4) is 0 Å². The minimum absolute atomic E-state index is 0.0706. The van der Waals surface area contributed by atoms with Gasteiger partial charge in [-0.05, 0) is 46.5 Å². The van der Waals surface area contributed by atoms with E-state index in [0.29, 0.717) is 6.54 Å². The van der Waals surface area contributed by atoms with Crippen molar-refractivity contribution in [3.63, 3.8) is 0 Å². The molecule has 5 heteroatoms. The fraction of sp³-hybridized carbons (Fsp3) is 0.923. The van der Waals surface area contributed by atoms with E-state index in [-0.39, 0.29) is 17.8 Å². The maximum Gasteiger partial charge on any atom is 0.407 e. The first-order chi connectivity index (χ1) is 8.28. The second-order valence-electron chi connectivity index (χ2n) is 6.48. The summed E-state index contributed by atoms with van der Waals surface area (Å²) in [5.74, 6) is 0. The number of alkyl carbamates (subject to hydrolysis) is 1. The molecule has 2 heterocycles. The third kappa shape index (κ3) is 2.78. The van der Waals surface area contributed by atoms with Gasteiger partial charge in [-0.15, -0.1) is 0 Å². The molecule has 0 saturated carbocycles. The second-order valence-corrected chi connectivity index (χ2v) is 6.48. The van der Waals surface area contributed by atoms with E-state index >= 15 is 0 Å². The summed E-state index contributed by atoms with van der Waals surface area (Å²) in [7, 11) is 0. The van der Waals surface area contributed by atoms with Crippen LogP contribution in [-0.4, -0.2) is 41.2 Å². The van der Waals surface area contributed by atoms with Crippen molar-refractivity contribution in [2.45, 2.75) is 63.3 Å². The lowest BCUT2D eigenvalue weighted by Crippen LogP contribution is -2.43. The number of rotatable bonds is 3. The molecule has 2 saturated heterocycles. The summed E-state index contributed by atoms with van der Waals surface area (Å²) in [6.45, 7) is 6.04. The van der Waals surface area contributed by atoms with Crippen LogP contribution in [0.15, 0.2) is 0 Å². The van der Waals surface area contributed by atoms with Gasteiger partial charge in [0.1, 0.15) is 5.60 Å². The van der Waals surface area contributed by atoms with Gasteiger partial charge in [0.05, 0.1) is 17.8 Å². The summed E-state index contributed by atoms with van der Waals surface area (Å²) in [6, 6.07) is 0. The highest BCUT2D eigenvalue weighted by Crippen LogP contribution is 2.50. The Bertz CT molecular complexity index is 326. The summed E-state index contributed by atoms with van der Waals surface area (Å²) in [5.41, 5.74) is -1.13. The molecule has 2 aliphatic heterocycles. The zero-order valence-electron chi connectivity index (χ0n) is 11.4. The van der Waals surface area contributed by atoms with Gasteiger partial charge in [0.25, 0.3) is 0 Å². The van der Waals surface area contributed by atoms with Crippen LogP contribution >= 0.6 is 0 Å². The number of nitrogens with one attached hydrogen (secondary N) is 1. The molecule has 2 aliphatic rings. The highest BCUT2D eigenvalue weighted by molar-refractivity contribution is 5.67. The third-order valence-corrected chi connectivity index (χ3v) is 3.75. The predicted octanol–water partition coefficient (Wildman–Crippen LogP) is 1.59. The van der Waals surface area contributed by atoms with Gasteiger partial charge in [0.2, 0.25) is 0 Å². The molecule has 0 aromatic carbocycles. The molecule has 0 spiro atoms. The van der Waals surface area contributed by atoms with Gasteiger partial charge in [-0.3, -0.25) is 0 Å². The standard InChI is InChI=1S/C13H23NO4/c1-11(2,3)17-10(16)14-8-12-4-6-13(9-15,18-12)7-5-12/h15H,4-9H2,1-3H3,(H,14,16). The smallest absolute Gasteiger partial charge is 0.407 e. The lowest BCUT2D eigenvalue weighted by molar-refractivity contribution is -0.0721. The second kappa shape index (κ2) is 4.38. The zero-order valence-corrected chi connectivity index (χ0v) is 11.4. The van der Waals surface area contributed by atoms with Gasteiger partial charge in [-0.2, -0.15) is 0 Å². The molecule has 1 amide bonds. The number of amides is 1. The molecule has 2 rings (SSSR count). The molecule has 0 atom stereocenters. The Labute approximate surface area is 108 Å². The molecular weight excluding hydrogens is 234 g/mol. The predicted molar refractivity (Wildman–Crippen MR) is 66.3 cm³/mol. The van der Waals surface area contributed by atoms with Crippen molar-refractivity contribution in [1.82, 2.24) is 5.32 Å². The molecule has 0 aliphatic carbocycles. The van der Waals surface area contributed by atoms with Gasteiger partial charge in [0, 0.05) is 6.54 Å². The van der Waals surface area contributed by atoms with Crippen LogP contribution < -0.4 is 5.32 Å². The van der Waals surface area contributed by atoms with Crippen LogP contribution in [0.3, 0.4) is 0 Å². The van der Waals surface area contributed by atoms with Crippen LogP contribution in [0.2, 0.25) is 0 Å². The van der Waals surface area contributed by atoms with Crippen LogP contribution in [0, 0.1) is 0 Å². The lowest BCUT2D eigenvalue weighted by atomic mass is 9.82. The van der Waals surface area contributed by atoms with Gasteiger partial charge in [-0.25, -0.2) is 4.79 Å². The Morgan fingerprint density at radius 1 is 1.28 bits per heavy atom. The maximum atomic E-state index is 11.6. The third-order valence-electron chi connectivity index (χ3n) is 3.75. The zero-order chi connectivity index (χ0) is 13.4. The van der Waals surface area contributed by atoms with E-state index in [1.54, 1.807) is 0 Å². The average molecular weight is 257 g/mol. The largest absolute Gasteiger partial charge is 0.444 e. The summed E-state index contributed by atoms with van der Waals surface area (Å²) < 4.78 is 11.2. The monoisotopic (exact) mass is 257 g/mol. The minimum atomic E-state index is -0.483. The van der Waals surface area contributed by atoms with E-state index in [9.17, 15) is 9.90 Å². The Hall–Kier alpha value is -0.810. The van der Waals surface area contributed by atoms with Crippen molar-refractivity contribution >= 4 is 6.09 Å². The normalized spacial score (nSPS) is 34.7.